The highest BCUT2D eigenvalue weighted by molar-refractivity contribution is 5.97. The Hall–Kier alpha value is -5.49. The maximum absolute atomic E-state index is 14.6. The van der Waals surface area contributed by atoms with Crippen LogP contribution in [0.25, 0.3) is 11.1 Å². The highest BCUT2D eigenvalue weighted by atomic mass is 16.4. The fourth-order valence-corrected chi connectivity index (χ4v) is 6.71. The average molecular weight is 623 g/mol. The van der Waals surface area contributed by atoms with Crippen LogP contribution in [0.1, 0.15) is 50.6 Å². The molecule has 0 heterocycles. The lowest BCUT2D eigenvalue weighted by atomic mass is 9.76. The van der Waals surface area contributed by atoms with E-state index in [9.17, 15) is 14.4 Å². The first-order valence-corrected chi connectivity index (χ1v) is 16.1. The summed E-state index contributed by atoms with van der Waals surface area (Å²) >= 11 is 0. The van der Waals surface area contributed by atoms with Crippen molar-refractivity contribution >= 4 is 17.8 Å². The lowest BCUT2D eigenvalue weighted by molar-refractivity contribution is -0.136. The molecule has 236 valence electrons. The van der Waals surface area contributed by atoms with Gasteiger partial charge in [-0.05, 0) is 76.3 Å². The summed E-state index contributed by atoms with van der Waals surface area (Å²) < 4.78 is 0. The summed E-state index contributed by atoms with van der Waals surface area (Å²) in [5.74, 6) is -1.22. The summed E-state index contributed by atoms with van der Waals surface area (Å²) in [7, 11) is 0. The topological polar surface area (TPSA) is 86.7 Å². The molecular formula is C41H38N2O4. The third-order valence-electron chi connectivity index (χ3n) is 8.94. The molecule has 2 atom stereocenters. The molecule has 1 aliphatic carbocycles. The fourth-order valence-electron chi connectivity index (χ4n) is 6.71. The van der Waals surface area contributed by atoms with Crippen LogP contribution < -0.4 is 5.32 Å². The number of aliphatic carboxylic acids is 1. The molecule has 0 radical (unpaired) electrons. The number of rotatable bonds is 11. The van der Waals surface area contributed by atoms with Gasteiger partial charge in [-0.3, -0.25) is 14.4 Å². The van der Waals surface area contributed by atoms with Gasteiger partial charge in [0.15, 0.2) is 0 Å². The Labute approximate surface area is 275 Å². The van der Waals surface area contributed by atoms with Crippen molar-refractivity contribution in [3.8, 4) is 11.1 Å². The molecule has 0 saturated carbocycles. The van der Waals surface area contributed by atoms with Gasteiger partial charge in [-0.2, -0.15) is 0 Å². The Morgan fingerprint density at radius 1 is 0.702 bits per heavy atom. The Kier molecular flexibility index (Phi) is 9.87. The van der Waals surface area contributed by atoms with Gasteiger partial charge in [0.25, 0.3) is 5.91 Å². The number of carboxylic acid groups (broad SMARTS) is 1. The monoisotopic (exact) mass is 622 g/mol. The first-order valence-electron chi connectivity index (χ1n) is 16.1. The van der Waals surface area contributed by atoms with Crippen LogP contribution in [0.2, 0.25) is 0 Å². The predicted octanol–water partition coefficient (Wildman–Crippen LogP) is 7.29. The van der Waals surface area contributed by atoms with E-state index < -0.39 is 18.4 Å². The molecule has 6 nitrogen and oxygen atoms in total. The minimum atomic E-state index is -1.10. The molecule has 0 spiro atoms. The summed E-state index contributed by atoms with van der Waals surface area (Å²) in [5, 5.41) is 11.3. The molecule has 0 bridgehead atoms. The van der Waals surface area contributed by atoms with Crippen molar-refractivity contribution in [3.63, 3.8) is 0 Å². The second-order valence-electron chi connectivity index (χ2n) is 12.2. The van der Waals surface area contributed by atoms with E-state index in [4.69, 9.17) is 5.11 Å². The number of fused-ring (bicyclic) bond motifs is 1. The van der Waals surface area contributed by atoms with Crippen LogP contribution in [0.3, 0.4) is 0 Å². The summed E-state index contributed by atoms with van der Waals surface area (Å²) in [6.07, 6.45) is 3.12. The lowest BCUT2D eigenvalue weighted by Gasteiger charge is -2.42. The first kappa shape index (κ1) is 31.5. The number of hydrogen-bond acceptors (Lipinski definition) is 3. The standard InChI is InChI=1S/C41H38N2O4/c44-38(25-31-15-9-17-33(24-31)34-18-10-19-36(26-34)41(47)42-27-39(45)46)43(28-30-13-5-2-6-14-30)40-35(23-29-11-3-1-4-12-29)22-21-32-16-7-8-20-37(32)40/h1-20,24,26,35,40H,21-23,25,27-28H2,(H,42,47)(H,45,46)/t35-,40-/m0/s1. The summed E-state index contributed by atoms with van der Waals surface area (Å²) in [4.78, 5) is 40.1. The van der Waals surface area contributed by atoms with Crippen molar-refractivity contribution in [1.29, 1.82) is 0 Å². The quantitative estimate of drug-likeness (QED) is 0.162. The van der Waals surface area contributed by atoms with Gasteiger partial charge in [0.2, 0.25) is 5.91 Å². The van der Waals surface area contributed by atoms with E-state index in [1.165, 1.54) is 16.7 Å². The number of carbonyl (C=O) groups is 3. The lowest BCUT2D eigenvalue weighted by Crippen LogP contribution is -2.41. The minimum Gasteiger partial charge on any atom is -0.480 e. The molecule has 0 unspecified atom stereocenters. The molecule has 6 heteroatoms. The van der Waals surface area contributed by atoms with E-state index in [1.807, 2.05) is 54.6 Å². The number of aryl methyl sites for hydroxylation is 1. The van der Waals surface area contributed by atoms with Gasteiger partial charge >= 0.3 is 5.97 Å². The van der Waals surface area contributed by atoms with E-state index in [-0.39, 0.29) is 24.3 Å². The smallest absolute Gasteiger partial charge is 0.322 e. The van der Waals surface area contributed by atoms with Gasteiger partial charge in [-0.15, -0.1) is 0 Å². The zero-order valence-electron chi connectivity index (χ0n) is 26.2. The van der Waals surface area contributed by atoms with Crippen molar-refractivity contribution in [2.75, 3.05) is 6.54 Å². The van der Waals surface area contributed by atoms with Crippen molar-refractivity contribution in [1.82, 2.24) is 10.2 Å². The number of carboxylic acids is 1. The van der Waals surface area contributed by atoms with E-state index in [0.717, 1.165) is 41.5 Å². The number of carbonyl (C=O) groups excluding carboxylic acids is 2. The molecular weight excluding hydrogens is 584 g/mol. The largest absolute Gasteiger partial charge is 0.480 e. The summed E-state index contributed by atoms with van der Waals surface area (Å²) in [6.45, 7) is 0.0645. The Balaban J connectivity index is 1.31. The minimum absolute atomic E-state index is 0.0626. The highest BCUT2D eigenvalue weighted by Gasteiger charge is 2.36. The number of amides is 2. The molecule has 0 aromatic heterocycles. The van der Waals surface area contributed by atoms with Crippen LogP contribution in [0, 0.1) is 5.92 Å². The van der Waals surface area contributed by atoms with Gasteiger partial charge in [-0.25, -0.2) is 0 Å². The summed E-state index contributed by atoms with van der Waals surface area (Å²) in [6, 6.07) is 44.2. The molecule has 2 N–H and O–H groups in total. The van der Waals surface area contributed by atoms with E-state index >= 15 is 0 Å². The molecule has 5 aromatic carbocycles. The molecule has 0 aliphatic heterocycles. The van der Waals surface area contributed by atoms with Gasteiger partial charge < -0.3 is 15.3 Å². The maximum Gasteiger partial charge on any atom is 0.322 e. The van der Waals surface area contributed by atoms with Gasteiger partial charge in [0, 0.05) is 12.1 Å². The SMILES string of the molecule is O=C(O)CNC(=O)c1cccc(-c2cccc(CC(=O)N(Cc3ccccc3)[C@@H]3c4ccccc4CC[C@H]3Cc3ccccc3)c2)c1. The molecule has 1 aliphatic rings. The van der Waals surface area contributed by atoms with E-state index in [1.54, 1.807) is 18.2 Å². The third-order valence-corrected chi connectivity index (χ3v) is 8.94. The van der Waals surface area contributed by atoms with Crippen molar-refractivity contribution in [2.45, 2.75) is 38.3 Å². The Morgan fingerprint density at radius 3 is 2.09 bits per heavy atom. The maximum atomic E-state index is 14.6. The second-order valence-corrected chi connectivity index (χ2v) is 12.2. The zero-order chi connectivity index (χ0) is 32.6. The molecule has 0 saturated heterocycles. The molecule has 47 heavy (non-hydrogen) atoms. The fraction of sp³-hybridized carbons (Fsp3) is 0.195. The van der Waals surface area contributed by atoms with E-state index in [2.05, 4.69) is 70.9 Å². The predicted molar refractivity (Wildman–Crippen MR) is 184 cm³/mol. The summed E-state index contributed by atoms with van der Waals surface area (Å²) in [5.41, 5.74) is 7.86. The van der Waals surface area contributed by atoms with Gasteiger partial charge in [-0.1, -0.05) is 121 Å². The van der Waals surface area contributed by atoms with Gasteiger partial charge in [0.1, 0.15) is 6.54 Å². The van der Waals surface area contributed by atoms with Crippen LogP contribution in [-0.2, 0) is 35.4 Å². The first-order chi connectivity index (χ1) is 22.9. The van der Waals surface area contributed by atoms with Crippen LogP contribution in [-0.4, -0.2) is 34.3 Å². The number of hydrogen-bond donors (Lipinski definition) is 2. The Bertz CT molecular complexity index is 1850. The molecule has 6 rings (SSSR count). The van der Waals surface area contributed by atoms with Crippen molar-refractivity contribution in [2.24, 2.45) is 5.92 Å². The molecule has 2 amide bonds. The number of nitrogens with zero attached hydrogens (tertiary/aromatic N) is 1. The normalized spacial score (nSPS) is 15.3. The number of benzene rings is 5. The molecule has 5 aromatic rings. The molecule has 0 fully saturated rings. The van der Waals surface area contributed by atoms with Crippen LogP contribution in [0.5, 0.6) is 0 Å². The average Bonchev–Trinajstić information content (AvgIpc) is 3.10. The highest BCUT2D eigenvalue weighted by Crippen LogP contribution is 2.41. The van der Waals surface area contributed by atoms with Crippen LogP contribution in [0.15, 0.2) is 133 Å². The second kappa shape index (κ2) is 14.7. The van der Waals surface area contributed by atoms with Crippen LogP contribution >= 0.6 is 0 Å². The third kappa shape index (κ3) is 7.85. The van der Waals surface area contributed by atoms with Gasteiger partial charge in [0.05, 0.1) is 12.5 Å². The zero-order valence-corrected chi connectivity index (χ0v) is 26.2. The van der Waals surface area contributed by atoms with E-state index in [0.29, 0.717) is 12.1 Å². The number of nitrogens with one attached hydrogen (secondary N) is 1. The van der Waals surface area contributed by atoms with Crippen molar-refractivity contribution < 1.29 is 19.5 Å². The Morgan fingerprint density at radius 2 is 1.34 bits per heavy atom. The van der Waals surface area contributed by atoms with Crippen molar-refractivity contribution in [3.05, 3.63) is 167 Å². The van der Waals surface area contributed by atoms with Crippen LogP contribution in [0.4, 0.5) is 0 Å².